The van der Waals surface area contributed by atoms with Crippen molar-refractivity contribution in [1.82, 2.24) is 9.47 Å². The molecule has 2 heterocycles. The summed E-state index contributed by atoms with van der Waals surface area (Å²) in [5, 5.41) is 18.8. The molecule has 2 fully saturated rings. The van der Waals surface area contributed by atoms with E-state index < -0.39 is 0 Å². The number of aromatic nitrogens is 1. The molecule has 0 bridgehead atoms. The van der Waals surface area contributed by atoms with Crippen LogP contribution in [0, 0.1) is 42.4 Å². The molecule has 0 spiro atoms. The molecule has 2 aromatic rings. The minimum atomic E-state index is -0.219. The number of aryl methyl sites for hydroxylation is 1. The minimum absolute atomic E-state index is 0.0561. The second-order valence-corrected chi connectivity index (χ2v) is 8.02. The predicted octanol–water partition coefficient (Wildman–Crippen LogP) is 3.22. The summed E-state index contributed by atoms with van der Waals surface area (Å²) in [6, 6.07) is 14.5. The molecule has 2 atom stereocenters. The summed E-state index contributed by atoms with van der Waals surface area (Å²) in [6.07, 6.45) is 2.72. The Balaban J connectivity index is 1.57. The van der Waals surface area contributed by atoms with Crippen LogP contribution in [-0.4, -0.2) is 28.5 Å². The number of hydrogen-bond donors (Lipinski definition) is 0. The normalized spacial score (nSPS) is 23.1. The number of likely N-dealkylation sites (tertiary alicyclic amines) is 1. The molecule has 1 aromatic carbocycles. The number of carbonyl (C=O) groups is 1. The first-order valence-corrected chi connectivity index (χ1v) is 9.44. The third-order valence-electron chi connectivity index (χ3n) is 6.40. The molecule has 1 aromatic heterocycles. The van der Waals surface area contributed by atoms with Crippen molar-refractivity contribution in [2.75, 3.05) is 13.1 Å². The van der Waals surface area contributed by atoms with Gasteiger partial charge in [-0.05, 0) is 49.5 Å². The van der Waals surface area contributed by atoms with Crippen LogP contribution in [0.3, 0.4) is 0 Å². The summed E-state index contributed by atoms with van der Waals surface area (Å²) in [7, 11) is 1.80. The smallest absolute Gasteiger partial charge is 0.264 e. The zero-order valence-corrected chi connectivity index (χ0v) is 16.4. The topological polar surface area (TPSA) is 72.8 Å². The fourth-order valence-electron chi connectivity index (χ4n) is 4.41. The maximum absolute atomic E-state index is 13.0. The van der Waals surface area contributed by atoms with Crippen molar-refractivity contribution in [2.45, 2.75) is 25.7 Å². The van der Waals surface area contributed by atoms with E-state index in [9.17, 15) is 15.3 Å². The Labute approximate surface area is 165 Å². The van der Waals surface area contributed by atoms with E-state index >= 15 is 0 Å². The summed E-state index contributed by atoms with van der Waals surface area (Å²) in [4.78, 5) is 14.8. The van der Waals surface area contributed by atoms with Gasteiger partial charge in [0, 0.05) is 31.2 Å². The Kier molecular flexibility index (Phi) is 4.12. The summed E-state index contributed by atoms with van der Waals surface area (Å²) in [6.45, 7) is 5.31. The highest BCUT2D eigenvalue weighted by Gasteiger charge is 2.61. The van der Waals surface area contributed by atoms with Crippen molar-refractivity contribution in [1.29, 1.82) is 10.5 Å². The maximum atomic E-state index is 13.0. The number of nitriles is 2. The van der Waals surface area contributed by atoms with Crippen LogP contribution >= 0.6 is 0 Å². The van der Waals surface area contributed by atoms with E-state index in [0.29, 0.717) is 24.7 Å². The molecule has 0 unspecified atom stereocenters. The van der Waals surface area contributed by atoms with Gasteiger partial charge in [-0.15, -0.1) is 0 Å². The molecule has 0 N–H and O–H groups in total. The van der Waals surface area contributed by atoms with Crippen LogP contribution in [0.25, 0.3) is 6.08 Å². The van der Waals surface area contributed by atoms with Crippen LogP contribution in [0.5, 0.6) is 0 Å². The minimum Gasteiger partial charge on any atom is -0.339 e. The molecule has 1 saturated heterocycles. The lowest BCUT2D eigenvalue weighted by Gasteiger charge is -2.21. The molecule has 1 aliphatic heterocycles. The predicted molar refractivity (Wildman–Crippen MR) is 106 cm³/mol. The van der Waals surface area contributed by atoms with Gasteiger partial charge in [0.15, 0.2) is 0 Å². The number of hydrogen-bond acceptors (Lipinski definition) is 3. The lowest BCUT2D eigenvalue weighted by molar-refractivity contribution is -0.126. The Hall–Kier alpha value is -3.31. The molecule has 5 nitrogen and oxygen atoms in total. The van der Waals surface area contributed by atoms with E-state index in [0.717, 1.165) is 17.7 Å². The number of rotatable bonds is 3. The van der Waals surface area contributed by atoms with Crippen molar-refractivity contribution in [3.63, 3.8) is 0 Å². The molecule has 28 heavy (non-hydrogen) atoms. The van der Waals surface area contributed by atoms with Gasteiger partial charge in [0.2, 0.25) is 0 Å². The fraction of sp³-hybridized carbons (Fsp3) is 0.348. The van der Waals surface area contributed by atoms with Gasteiger partial charge in [0.05, 0.1) is 0 Å². The van der Waals surface area contributed by atoms with E-state index in [1.165, 1.54) is 11.1 Å². The van der Waals surface area contributed by atoms with Gasteiger partial charge in [-0.3, -0.25) is 4.79 Å². The van der Waals surface area contributed by atoms with E-state index in [1.54, 1.807) is 23.8 Å². The number of fused-ring (bicyclic) bond motifs is 1. The SMILES string of the molecule is Cc1ccc([C@]23C[C@H]2CN(C(=O)/C(C#N)=C/c2cc(C#N)n(C)c2C)C3)cc1. The average Bonchev–Trinajstić information content (AvgIpc) is 3.16. The molecule has 140 valence electrons. The quantitative estimate of drug-likeness (QED) is 0.615. The third kappa shape index (κ3) is 2.72. The lowest BCUT2D eigenvalue weighted by Crippen LogP contribution is -2.33. The number of benzene rings is 1. The summed E-state index contributed by atoms with van der Waals surface area (Å²) >= 11 is 0. The van der Waals surface area contributed by atoms with Crippen molar-refractivity contribution in [3.8, 4) is 12.1 Å². The summed E-state index contributed by atoms with van der Waals surface area (Å²) < 4.78 is 1.77. The van der Waals surface area contributed by atoms with Gasteiger partial charge < -0.3 is 9.47 Å². The highest BCUT2D eigenvalue weighted by atomic mass is 16.2. The van der Waals surface area contributed by atoms with Crippen molar-refractivity contribution in [3.05, 3.63) is 64.0 Å². The van der Waals surface area contributed by atoms with Crippen LogP contribution in [-0.2, 0) is 17.3 Å². The standard InChI is InChI=1S/C23H22N4O/c1-15-4-6-19(7-5-15)23-10-20(23)13-27(14-23)22(28)18(11-24)8-17-9-21(12-25)26(3)16(17)2/h4-9,20H,10,13-14H2,1-3H3/b18-8+/t20-,23+/m0/s1. The molecule has 5 heteroatoms. The fourth-order valence-corrected chi connectivity index (χ4v) is 4.41. The van der Waals surface area contributed by atoms with Crippen LogP contribution in [0.1, 0.15) is 34.5 Å². The average molecular weight is 370 g/mol. The number of piperidine rings is 1. The van der Waals surface area contributed by atoms with E-state index in [-0.39, 0.29) is 16.9 Å². The number of carbonyl (C=O) groups excluding carboxylic acids is 1. The first-order chi connectivity index (χ1) is 13.4. The Morgan fingerprint density at radius 3 is 2.57 bits per heavy atom. The zero-order valence-electron chi connectivity index (χ0n) is 16.4. The Bertz CT molecular complexity index is 1080. The van der Waals surface area contributed by atoms with Gasteiger partial charge in [0.1, 0.15) is 23.4 Å². The molecule has 1 aliphatic carbocycles. The first-order valence-electron chi connectivity index (χ1n) is 9.44. The maximum Gasteiger partial charge on any atom is 0.264 e. The van der Waals surface area contributed by atoms with E-state index in [4.69, 9.17) is 0 Å². The van der Waals surface area contributed by atoms with Gasteiger partial charge in [0.25, 0.3) is 5.91 Å². The highest BCUT2D eigenvalue weighted by Crippen LogP contribution is 2.59. The van der Waals surface area contributed by atoms with Crippen molar-refractivity contribution in [2.24, 2.45) is 13.0 Å². The Morgan fingerprint density at radius 2 is 1.96 bits per heavy atom. The molecular weight excluding hydrogens is 348 g/mol. The van der Waals surface area contributed by atoms with E-state index in [1.807, 2.05) is 11.8 Å². The Morgan fingerprint density at radius 1 is 1.25 bits per heavy atom. The van der Waals surface area contributed by atoms with Crippen molar-refractivity contribution < 1.29 is 4.79 Å². The van der Waals surface area contributed by atoms with Crippen LogP contribution in [0.15, 0.2) is 35.9 Å². The second-order valence-electron chi connectivity index (χ2n) is 8.02. The molecule has 1 saturated carbocycles. The largest absolute Gasteiger partial charge is 0.339 e. The summed E-state index contributed by atoms with van der Waals surface area (Å²) in [5.41, 5.74) is 4.80. The monoisotopic (exact) mass is 370 g/mol. The van der Waals surface area contributed by atoms with Gasteiger partial charge in [-0.25, -0.2) is 0 Å². The first kappa shape index (κ1) is 18.1. The van der Waals surface area contributed by atoms with Gasteiger partial charge >= 0.3 is 0 Å². The molecular formula is C23H22N4O. The van der Waals surface area contributed by atoms with Crippen molar-refractivity contribution >= 4 is 12.0 Å². The van der Waals surface area contributed by atoms with E-state index in [2.05, 4.69) is 43.3 Å². The van der Waals surface area contributed by atoms with Gasteiger partial charge in [-0.1, -0.05) is 29.8 Å². The number of amides is 1. The van der Waals surface area contributed by atoms with Crippen LogP contribution in [0.4, 0.5) is 0 Å². The second kappa shape index (κ2) is 6.39. The highest BCUT2D eigenvalue weighted by molar-refractivity contribution is 6.02. The molecule has 4 rings (SSSR count). The zero-order chi connectivity index (χ0) is 20.1. The number of nitrogens with zero attached hydrogens (tertiary/aromatic N) is 4. The van der Waals surface area contributed by atoms with Gasteiger partial charge in [-0.2, -0.15) is 10.5 Å². The molecule has 1 amide bonds. The van der Waals surface area contributed by atoms with Crippen LogP contribution < -0.4 is 0 Å². The van der Waals surface area contributed by atoms with Crippen LogP contribution in [0.2, 0.25) is 0 Å². The lowest BCUT2D eigenvalue weighted by atomic mass is 9.94. The third-order valence-corrected chi connectivity index (χ3v) is 6.40. The molecule has 0 radical (unpaired) electrons. The summed E-state index contributed by atoms with van der Waals surface area (Å²) in [5.74, 6) is 0.255. The molecule has 2 aliphatic rings.